The molecule has 0 radical (unpaired) electrons. The van der Waals surface area contributed by atoms with E-state index in [4.69, 9.17) is 11.6 Å². The van der Waals surface area contributed by atoms with E-state index >= 15 is 0 Å². The molecular formula is C13H11ClN2OS. The average Bonchev–Trinajstić information content (AvgIpc) is 3.10. The number of benzene rings is 1. The molecule has 2 aromatic rings. The normalized spacial score (nSPS) is 14.5. The Labute approximate surface area is 114 Å². The molecule has 1 aromatic heterocycles. The number of amides is 1. The lowest BCUT2D eigenvalue weighted by Crippen LogP contribution is -2.24. The van der Waals surface area contributed by atoms with E-state index < -0.39 is 0 Å². The fourth-order valence-corrected chi connectivity index (χ4v) is 2.75. The lowest BCUT2D eigenvalue weighted by Gasteiger charge is -2.03. The number of carbonyl (C=O) groups excluding carboxylic acids is 1. The minimum atomic E-state index is -0.0687. The van der Waals surface area contributed by atoms with Crippen LogP contribution in [0.2, 0.25) is 4.47 Å². The summed E-state index contributed by atoms with van der Waals surface area (Å²) in [6.07, 6.45) is 2.14. The van der Waals surface area contributed by atoms with E-state index in [9.17, 15) is 4.79 Å². The molecule has 1 heterocycles. The van der Waals surface area contributed by atoms with E-state index in [0.717, 1.165) is 18.4 Å². The molecule has 18 heavy (non-hydrogen) atoms. The first-order chi connectivity index (χ1) is 8.74. The van der Waals surface area contributed by atoms with Crippen LogP contribution in [-0.4, -0.2) is 16.9 Å². The van der Waals surface area contributed by atoms with Crippen molar-refractivity contribution < 1.29 is 4.79 Å². The van der Waals surface area contributed by atoms with E-state index in [-0.39, 0.29) is 5.91 Å². The lowest BCUT2D eigenvalue weighted by atomic mass is 10.1. The molecule has 1 N–H and O–H groups in total. The highest BCUT2D eigenvalue weighted by molar-refractivity contribution is 7.18. The van der Waals surface area contributed by atoms with Gasteiger partial charge >= 0.3 is 0 Å². The summed E-state index contributed by atoms with van der Waals surface area (Å²) in [6, 6.07) is 9.97. The zero-order valence-corrected chi connectivity index (χ0v) is 11.1. The first-order valence-electron chi connectivity index (χ1n) is 5.76. The van der Waals surface area contributed by atoms with Gasteiger partial charge in [-0.05, 0) is 12.8 Å². The standard InChI is InChI=1S/C13H11ClN2OS/c14-13-16-10(8-4-2-1-3-5-8)11(18-13)12(17)15-9-6-7-9/h1-5,9H,6-7H2,(H,15,17). The van der Waals surface area contributed by atoms with Crippen molar-refractivity contribution in [2.45, 2.75) is 18.9 Å². The largest absolute Gasteiger partial charge is 0.349 e. The van der Waals surface area contributed by atoms with E-state index in [2.05, 4.69) is 10.3 Å². The fourth-order valence-electron chi connectivity index (χ4n) is 1.72. The average molecular weight is 279 g/mol. The van der Waals surface area contributed by atoms with Gasteiger partial charge in [-0.1, -0.05) is 53.3 Å². The SMILES string of the molecule is O=C(NC1CC1)c1sc(Cl)nc1-c1ccccc1. The summed E-state index contributed by atoms with van der Waals surface area (Å²) < 4.78 is 0.398. The van der Waals surface area contributed by atoms with E-state index in [1.54, 1.807) is 0 Å². The molecule has 3 rings (SSSR count). The van der Waals surface area contributed by atoms with Crippen LogP contribution in [0.4, 0.5) is 0 Å². The molecule has 92 valence electrons. The van der Waals surface area contributed by atoms with Crippen molar-refractivity contribution in [2.75, 3.05) is 0 Å². The second-order valence-corrected chi connectivity index (χ2v) is 5.84. The van der Waals surface area contributed by atoms with Crippen LogP contribution in [0.15, 0.2) is 30.3 Å². The van der Waals surface area contributed by atoms with Crippen LogP contribution in [0.1, 0.15) is 22.5 Å². The third kappa shape index (κ3) is 2.40. The fraction of sp³-hybridized carbons (Fsp3) is 0.231. The Morgan fingerprint density at radius 2 is 2.06 bits per heavy atom. The molecule has 0 spiro atoms. The van der Waals surface area contributed by atoms with Crippen molar-refractivity contribution in [1.29, 1.82) is 0 Å². The molecule has 0 saturated heterocycles. The predicted octanol–water partition coefficient (Wildman–Crippen LogP) is 3.36. The van der Waals surface area contributed by atoms with Crippen LogP contribution in [0.25, 0.3) is 11.3 Å². The van der Waals surface area contributed by atoms with Crippen LogP contribution in [0, 0.1) is 0 Å². The van der Waals surface area contributed by atoms with Crippen LogP contribution in [0.5, 0.6) is 0 Å². The topological polar surface area (TPSA) is 42.0 Å². The number of nitrogens with zero attached hydrogens (tertiary/aromatic N) is 1. The number of hydrogen-bond donors (Lipinski definition) is 1. The Kier molecular flexibility index (Phi) is 3.06. The zero-order chi connectivity index (χ0) is 12.5. The minimum absolute atomic E-state index is 0.0687. The Hall–Kier alpha value is -1.39. The van der Waals surface area contributed by atoms with Gasteiger partial charge < -0.3 is 5.32 Å². The van der Waals surface area contributed by atoms with Gasteiger partial charge in [-0.25, -0.2) is 4.98 Å². The van der Waals surface area contributed by atoms with Crippen molar-refractivity contribution in [1.82, 2.24) is 10.3 Å². The molecule has 1 aliphatic rings. The third-order valence-corrected chi connectivity index (χ3v) is 3.93. The van der Waals surface area contributed by atoms with E-state index in [1.807, 2.05) is 30.3 Å². The number of halogens is 1. The van der Waals surface area contributed by atoms with Crippen molar-refractivity contribution in [3.05, 3.63) is 39.7 Å². The summed E-state index contributed by atoms with van der Waals surface area (Å²) in [6.45, 7) is 0. The molecule has 3 nitrogen and oxygen atoms in total. The molecule has 1 saturated carbocycles. The van der Waals surface area contributed by atoms with Gasteiger partial charge in [0.15, 0.2) is 4.47 Å². The van der Waals surface area contributed by atoms with Crippen molar-refractivity contribution in [2.24, 2.45) is 0 Å². The van der Waals surface area contributed by atoms with Gasteiger partial charge in [-0.3, -0.25) is 4.79 Å². The minimum Gasteiger partial charge on any atom is -0.349 e. The summed E-state index contributed by atoms with van der Waals surface area (Å²) >= 11 is 7.17. The Bertz CT molecular complexity index is 578. The highest BCUT2D eigenvalue weighted by Gasteiger charge is 2.26. The first kappa shape index (κ1) is 11.7. The van der Waals surface area contributed by atoms with E-state index in [0.29, 0.717) is 21.1 Å². The van der Waals surface area contributed by atoms with Gasteiger partial charge in [-0.15, -0.1) is 0 Å². The molecule has 1 aliphatic carbocycles. The van der Waals surface area contributed by atoms with Gasteiger partial charge in [0.25, 0.3) is 5.91 Å². The predicted molar refractivity (Wildman–Crippen MR) is 73.0 cm³/mol. The lowest BCUT2D eigenvalue weighted by molar-refractivity contribution is 0.0955. The monoisotopic (exact) mass is 278 g/mol. The summed E-state index contributed by atoms with van der Waals surface area (Å²) in [5, 5.41) is 2.97. The van der Waals surface area contributed by atoms with Gasteiger partial charge in [0.05, 0.1) is 5.69 Å². The molecule has 1 amide bonds. The van der Waals surface area contributed by atoms with E-state index in [1.165, 1.54) is 11.3 Å². The first-order valence-corrected chi connectivity index (χ1v) is 6.96. The number of hydrogen-bond acceptors (Lipinski definition) is 3. The summed E-state index contributed by atoms with van der Waals surface area (Å²) in [4.78, 5) is 17.0. The molecular weight excluding hydrogens is 268 g/mol. The third-order valence-electron chi connectivity index (χ3n) is 2.77. The van der Waals surface area contributed by atoms with Gasteiger partial charge in [-0.2, -0.15) is 0 Å². The maximum absolute atomic E-state index is 12.1. The number of rotatable bonds is 3. The maximum Gasteiger partial charge on any atom is 0.263 e. The smallest absolute Gasteiger partial charge is 0.263 e. The van der Waals surface area contributed by atoms with Gasteiger partial charge in [0, 0.05) is 11.6 Å². The van der Waals surface area contributed by atoms with Crippen LogP contribution in [0.3, 0.4) is 0 Å². The zero-order valence-electron chi connectivity index (χ0n) is 9.52. The van der Waals surface area contributed by atoms with Crippen LogP contribution >= 0.6 is 22.9 Å². The summed E-state index contributed by atoms with van der Waals surface area (Å²) in [5.41, 5.74) is 1.59. The van der Waals surface area contributed by atoms with Crippen LogP contribution in [-0.2, 0) is 0 Å². The Morgan fingerprint density at radius 1 is 1.33 bits per heavy atom. The maximum atomic E-state index is 12.1. The highest BCUT2D eigenvalue weighted by atomic mass is 35.5. The molecule has 0 aliphatic heterocycles. The second-order valence-electron chi connectivity index (χ2n) is 4.26. The molecule has 1 fully saturated rings. The van der Waals surface area contributed by atoms with Crippen LogP contribution < -0.4 is 5.32 Å². The van der Waals surface area contributed by atoms with Gasteiger partial charge in [0.1, 0.15) is 4.88 Å². The summed E-state index contributed by atoms with van der Waals surface area (Å²) in [5.74, 6) is -0.0687. The summed E-state index contributed by atoms with van der Waals surface area (Å²) in [7, 11) is 0. The van der Waals surface area contributed by atoms with Crippen molar-refractivity contribution >= 4 is 28.8 Å². The molecule has 0 atom stereocenters. The molecule has 1 aromatic carbocycles. The Balaban J connectivity index is 1.96. The van der Waals surface area contributed by atoms with Gasteiger partial charge in [0.2, 0.25) is 0 Å². The number of carbonyl (C=O) groups is 1. The molecule has 0 unspecified atom stereocenters. The van der Waals surface area contributed by atoms with Crippen molar-refractivity contribution in [3.63, 3.8) is 0 Å². The van der Waals surface area contributed by atoms with Crippen molar-refractivity contribution in [3.8, 4) is 11.3 Å². The quantitative estimate of drug-likeness (QED) is 0.935. The second kappa shape index (κ2) is 4.71. The number of thiazole rings is 1. The molecule has 0 bridgehead atoms. The number of aromatic nitrogens is 1. The Morgan fingerprint density at radius 3 is 2.72 bits per heavy atom. The molecule has 5 heteroatoms. The highest BCUT2D eigenvalue weighted by Crippen LogP contribution is 2.31. The number of nitrogens with one attached hydrogen (secondary N) is 1.